The van der Waals surface area contributed by atoms with E-state index in [9.17, 15) is 4.79 Å². The van der Waals surface area contributed by atoms with Gasteiger partial charge in [0.2, 0.25) is 0 Å². The fourth-order valence-corrected chi connectivity index (χ4v) is 2.75. The van der Waals surface area contributed by atoms with Gasteiger partial charge in [-0.25, -0.2) is 0 Å². The Hall–Kier alpha value is -0.330. The molecule has 1 fully saturated rings. The average molecular weight is 210 g/mol. The molecule has 0 radical (unpaired) electrons. The summed E-state index contributed by atoms with van der Waals surface area (Å²) in [4.78, 5) is 11.9. The van der Waals surface area contributed by atoms with E-state index in [-0.39, 0.29) is 5.92 Å². The standard InChI is InChI=1S/C14H26O/c1-10(2)12-6-5-7-13(9-8-12)14(15)11(3)4/h10-13H,5-9H2,1-4H3. The first-order chi connectivity index (χ1) is 7.02. The van der Waals surface area contributed by atoms with Gasteiger partial charge in [0, 0.05) is 11.8 Å². The molecule has 0 N–H and O–H groups in total. The highest BCUT2D eigenvalue weighted by molar-refractivity contribution is 5.82. The van der Waals surface area contributed by atoms with Crippen molar-refractivity contribution in [2.45, 2.75) is 59.8 Å². The molecule has 1 aliphatic carbocycles. The molecule has 2 atom stereocenters. The second-order valence-corrected chi connectivity index (χ2v) is 5.77. The van der Waals surface area contributed by atoms with Crippen LogP contribution in [0.2, 0.25) is 0 Å². The molecular formula is C14H26O. The van der Waals surface area contributed by atoms with E-state index in [1.54, 1.807) is 0 Å². The van der Waals surface area contributed by atoms with E-state index in [4.69, 9.17) is 0 Å². The zero-order valence-corrected chi connectivity index (χ0v) is 10.8. The fourth-order valence-electron chi connectivity index (χ4n) is 2.75. The lowest BCUT2D eigenvalue weighted by Gasteiger charge is -2.18. The van der Waals surface area contributed by atoms with Crippen LogP contribution >= 0.6 is 0 Å². The van der Waals surface area contributed by atoms with Crippen LogP contribution in [0.3, 0.4) is 0 Å². The van der Waals surface area contributed by atoms with Gasteiger partial charge in [0.1, 0.15) is 5.78 Å². The molecule has 0 aromatic rings. The minimum Gasteiger partial charge on any atom is -0.299 e. The molecule has 0 amide bonds. The third-order valence-corrected chi connectivity index (χ3v) is 3.93. The molecule has 1 heteroatoms. The van der Waals surface area contributed by atoms with Crippen LogP contribution in [0, 0.1) is 23.7 Å². The summed E-state index contributed by atoms with van der Waals surface area (Å²) in [5, 5.41) is 0. The van der Waals surface area contributed by atoms with Crippen molar-refractivity contribution in [1.82, 2.24) is 0 Å². The van der Waals surface area contributed by atoms with Crippen molar-refractivity contribution in [2.75, 3.05) is 0 Å². The van der Waals surface area contributed by atoms with Gasteiger partial charge in [-0.2, -0.15) is 0 Å². The monoisotopic (exact) mass is 210 g/mol. The zero-order valence-electron chi connectivity index (χ0n) is 10.8. The molecule has 1 nitrogen and oxygen atoms in total. The topological polar surface area (TPSA) is 17.1 Å². The number of rotatable bonds is 3. The van der Waals surface area contributed by atoms with Crippen molar-refractivity contribution in [3.05, 3.63) is 0 Å². The maximum Gasteiger partial charge on any atom is 0.138 e. The van der Waals surface area contributed by atoms with Crippen LogP contribution in [0.25, 0.3) is 0 Å². The normalized spacial score (nSPS) is 28.1. The highest BCUT2D eigenvalue weighted by Gasteiger charge is 2.26. The van der Waals surface area contributed by atoms with Gasteiger partial charge in [-0.15, -0.1) is 0 Å². The van der Waals surface area contributed by atoms with Crippen LogP contribution in [0.15, 0.2) is 0 Å². The lowest BCUT2D eigenvalue weighted by atomic mass is 9.86. The zero-order chi connectivity index (χ0) is 11.4. The van der Waals surface area contributed by atoms with Crippen molar-refractivity contribution in [1.29, 1.82) is 0 Å². The van der Waals surface area contributed by atoms with Crippen molar-refractivity contribution < 1.29 is 4.79 Å². The first kappa shape index (κ1) is 12.7. The molecule has 2 unspecified atom stereocenters. The Morgan fingerprint density at radius 1 is 1.00 bits per heavy atom. The summed E-state index contributed by atoms with van der Waals surface area (Å²) in [5.74, 6) is 2.74. The van der Waals surface area contributed by atoms with Crippen LogP contribution in [0.1, 0.15) is 59.8 Å². The van der Waals surface area contributed by atoms with E-state index in [0.717, 1.165) is 24.7 Å². The lowest BCUT2D eigenvalue weighted by Crippen LogP contribution is -2.19. The fraction of sp³-hybridized carbons (Fsp3) is 0.929. The van der Waals surface area contributed by atoms with Crippen LogP contribution in [-0.2, 0) is 4.79 Å². The Bertz CT molecular complexity index is 205. The second kappa shape index (κ2) is 5.67. The average Bonchev–Trinajstić information content (AvgIpc) is 2.41. The van der Waals surface area contributed by atoms with Gasteiger partial charge in [0.25, 0.3) is 0 Å². The Kier molecular flexibility index (Phi) is 4.82. The van der Waals surface area contributed by atoms with Crippen LogP contribution in [-0.4, -0.2) is 5.78 Å². The molecule has 1 saturated carbocycles. The summed E-state index contributed by atoms with van der Waals surface area (Å²) in [6, 6.07) is 0. The van der Waals surface area contributed by atoms with Crippen molar-refractivity contribution >= 4 is 5.78 Å². The number of carbonyl (C=O) groups is 1. The van der Waals surface area contributed by atoms with E-state index in [2.05, 4.69) is 13.8 Å². The van der Waals surface area contributed by atoms with Crippen LogP contribution < -0.4 is 0 Å². The summed E-state index contributed by atoms with van der Waals surface area (Å²) < 4.78 is 0. The van der Waals surface area contributed by atoms with Gasteiger partial charge in [-0.3, -0.25) is 4.79 Å². The number of carbonyl (C=O) groups excluding carboxylic acids is 1. The van der Waals surface area contributed by atoms with E-state index in [1.807, 2.05) is 13.8 Å². The summed E-state index contributed by atoms with van der Waals surface area (Å²) in [6.45, 7) is 8.70. The molecule has 0 aromatic heterocycles. The maximum absolute atomic E-state index is 11.9. The molecule has 0 spiro atoms. The Morgan fingerprint density at radius 3 is 2.20 bits per heavy atom. The molecule has 0 saturated heterocycles. The van der Waals surface area contributed by atoms with Gasteiger partial charge in [0.05, 0.1) is 0 Å². The summed E-state index contributed by atoms with van der Waals surface area (Å²) >= 11 is 0. The van der Waals surface area contributed by atoms with Gasteiger partial charge in [-0.1, -0.05) is 40.5 Å². The van der Waals surface area contributed by atoms with Gasteiger partial charge >= 0.3 is 0 Å². The lowest BCUT2D eigenvalue weighted by molar-refractivity contribution is -0.126. The summed E-state index contributed by atoms with van der Waals surface area (Å²) in [6.07, 6.45) is 6.13. The molecule has 88 valence electrons. The highest BCUT2D eigenvalue weighted by Crippen LogP contribution is 2.32. The van der Waals surface area contributed by atoms with E-state index in [0.29, 0.717) is 11.7 Å². The van der Waals surface area contributed by atoms with Crippen LogP contribution in [0.5, 0.6) is 0 Å². The van der Waals surface area contributed by atoms with Crippen LogP contribution in [0.4, 0.5) is 0 Å². The Labute approximate surface area is 94.6 Å². The minimum absolute atomic E-state index is 0.227. The molecule has 15 heavy (non-hydrogen) atoms. The molecular weight excluding hydrogens is 184 g/mol. The largest absolute Gasteiger partial charge is 0.299 e. The third kappa shape index (κ3) is 3.62. The molecule has 0 bridgehead atoms. The first-order valence-corrected chi connectivity index (χ1v) is 6.56. The molecule has 0 aromatic carbocycles. The van der Waals surface area contributed by atoms with Gasteiger partial charge in [0.15, 0.2) is 0 Å². The molecule has 1 aliphatic rings. The first-order valence-electron chi connectivity index (χ1n) is 6.56. The van der Waals surface area contributed by atoms with Gasteiger partial charge < -0.3 is 0 Å². The highest BCUT2D eigenvalue weighted by atomic mass is 16.1. The van der Waals surface area contributed by atoms with E-state index >= 15 is 0 Å². The minimum atomic E-state index is 0.227. The number of hydrogen-bond donors (Lipinski definition) is 0. The van der Waals surface area contributed by atoms with Crippen molar-refractivity contribution in [2.24, 2.45) is 23.7 Å². The van der Waals surface area contributed by atoms with Crippen molar-refractivity contribution in [3.8, 4) is 0 Å². The number of Topliss-reactive ketones (excluding diaryl/α,β-unsaturated/α-hetero) is 1. The number of ketones is 1. The van der Waals surface area contributed by atoms with E-state index in [1.165, 1.54) is 19.3 Å². The second-order valence-electron chi connectivity index (χ2n) is 5.77. The predicted octanol–water partition coefficient (Wildman–Crippen LogP) is 4.06. The SMILES string of the molecule is CC(C)C(=O)C1CCCC(C(C)C)CC1. The smallest absolute Gasteiger partial charge is 0.138 e. The quantitative estimate of drug-likeness (QED) is 0.642. The molecule has 0 heterocycles. The van der Waals surface area contributed by atoms with Gasteiger partial charge in [-0.05, 0) is 31.1 Å². The van der Waals surface area contributed by atoms with Crippen molar-refractivity contribution in [3.63, 3.8) is 0 Å². The molecule has 1 rings (SSSR count). The Balaban J connectivity index is 2.49. The molecule has 0 aliphatic heterocycles. The van der Waals surface area contributed by atoms with E-state index < -0.39 is 0 Å². The predicted molar refractivity (Wildman–Crippen MR) is 64.7 cm³/mol. The Morgan fingerprint density at radius 2 is 1.67 bits per heavy atom. The third-order valence-electron chi connectivity index (χ3n) is 3.93. The number of hydrogen-bond acceptors (Lipinski definition) is 1. The summed E-state index contributed by atoms with van der Waals surface area (Å²) in [7, 11) is 0. The summed E-state index contributed by atoms with van der Waals surface area (Å²) in [5.41, 5.74) is 0. The maximum atomic E-state index is 11.9.